The summed E-state index contributed by atoms with van der Waals surface area (Å²) in [7, 11) is 0. The van der Waals surface area contributed by atoms with Gasteiger partial charge in [0.15, 0.2) is 0 Å². The van der Waals surface area contributed by atoms with E-state index in [9.17, 15) is 14.7 Å². The van der Waals surface area contributed by atoms with Gasteiger partial charge in [-0.05, 0) is 81.7 Å². The lowest BCUT2D eigenvalue weighted by Gasteiger charge is -2.28. The van der Waals surface area contributed by atoms with E-state index in [-0.39, 0.29) is 17.7 Å². The number of aliphatic hydroxyl groups excluding tert-OH is 1. The molecule has 146 valence electrons. The molecule has 3 atom stereocenters. The van der Waals surface area contributed by atoms with E-state index in [1.807, 2.05) is 26.0 Å². The molecule has 1 aliphatic carbocycles. The number of rotatable bonds is 2. The van der Waals surface area contributed by atoms with Crippen LogP contribution in [0.1, 0.15) is 80.5 Å². The van der Waals surface area contributed by atoms with E-state index in [4.69, 9.17) is 0 Å². The van der Waals surface area contributed by atoms with Crippen LogP contribution in [0.3, 0.4) is 0 Å². The molecule has 1 aromatic rings. The highest BCUT2D eigenvalue weighted by Gasteiger charge is 2.31. The molecule has 0 radical (unpaired) electrons. The van der Waals surface area contributed by atoms with Crippen molar-refractivity contribution >= 4 is 11.7 Å². The van der Waals surface area contributed by atoms with Gasteiger partial charge < -0.3 is 10.4 Å². The second-order valence-electron chi connectivity index (χ2n) is 7.63. The van der Waals surface area contributed by atoms with Crippen molar-refractivity contribution in [3.8, 4) is 11.8 Å². The molecule has 0 aliphatic heterocycles. The standard InChI is InChI=1S/C23H31NO3/c1-5-8-18-13-15(2)22(16(3)14-18)23-20(26)11-6-9-19(24-17(4)25)10-7-12-21(23)27/h13-14,19-20,23,26H,6-7,9-12H2,1-4H3,(H,24,25). The normalized spacial score (nSPS) is 23.9. The second-order valence-corrected chi connectivity index (χ2v) is 7.63. The molecule has 1 saturated carbocycles. The summed E-state index contributed by atoms with van der Waals surface area (Å²) >= 11 is 0. The van der Waals surface area contributed by atoms with Crippen LogP contribution in [-0.4, -0.2) is 28.9 Å². The quantitative estimate of drug-likeness (QED) is 0.784. The Hall–Kier alpha value is -2.12. The van der Waals surface area contributed by atoms with Gasteiger partial charge in [-0.1, -0.05) is 5.92 Å². The third kappa shape index (κ3) is 5.68. The minimum Gasteiger partial charge on any atom is -0.392 e. The molecule has 2 N–H and O–H groups in total. The van der Waals surface area contributed by atoms with Crippen LogP contribution in [0.25, 0.3) is 0 Å². The van der Waals surface area contributed by atoms with Crippen molar-refractivity contribution in [2.75, 3.05) is 0 Å². The van der Waals surface area contributed by atoms with E-state index >= 15 is 0 Å². The van der Waals surface area contributed by atoms with E-state index in [1.54, 1.807) is 6.92 Å². The summed E-state index contributed by atoms with van der Waals surface area (Å²) in [5.74, 6) is 5.55. The van der Waals surface area contributed by atoms with Gasteiger partial charge >= 0.3 is 0 Å². The predicted octanol–water partition coefficient (Wildman–Crippen LogP) is 3.55. The third-order valence-corrected chi connectivity index (χ3v) is 5.34. The molecule has 2 rings (SSSR count). The first-order chi connectivity index (χ1) is 12.8. The SMILES string of the molecule is CC#Cc1cc(C)c(C2C(=O)CCCC(NC(C)=O)CCCC2O)c(C)c1. The summed E-state index contributed by atoms with van der Waals surface area (Å²) < 4.78 is 0. The molecule has 1 amide bonds. The van der Waals surface area contributed by atoms with Crippen LogP contribution in [0.15, 0.2) is 12.1 Å². The van der Waals surface area contributed by atoms with Crippen molar-refractivity contribution in [2.45, 2.75) is 84.3 Å². The highest BCUT2D eigenvalue weighted by molar-refractivity contribution is 5.87. The monoisotopic (exact) mass is 369 g/mol. The molecule has 1 aliphatic rings. The van der Waals surface area contributed by atoms with Crippen molar-refractivity contribution in [2.24, 2.45) is 0 Å². The van der Waals surface area contributed by atoms with E-state index in [1.165, 1.54) is 6.92 Å². The lowest BCUT2D eigenvalue weighted by Crippen LogP contribution is -2.35. The average Bonchev–Trinajstić information content (AvgIpc) is 2.56. The summed E-state index contributed by atoms with van der Waals surface area (Å²) in [6.07, 6.45) is 3.43. The van der Waals surface area contributed by atoms with Gasteiger partial charge in [0.2, 0.25) is 5.91 Å². The van der Waals surface area contributed by atoms with Crippen molar-refractivity contribution < 1.29 is 14.7 Å². The number of amides is 1. The molecule has 0 saturated heterocycles. The highest BCUT2D eigenvalue weighted by Crippen LogP contribution is 2.33. The molecular weight excluding hydrogens is 338 g/mol. The topological polar surface area (TPSA) is 66.4 Å². The number of Topliss-reactive ketones (excluding diaryl/α,β-unsaturated/α-hetero) is 1. The van der Waals surface area contributed by atoms with Gasteiger partial charge in [0.05, 0.1) is 12.0 Å². The van der Waals surface area contributed by atoms with Crippen molar-refractivity contribution in [3.63, 3.8) is 0 Å². The molecule has 0 aromatic heterocycles. The Morgan fingerprint density at radius 1 is 1.15 bits per heavy atom. The number of aliphatic hydroxyl groups is 1. The maximum Gasteiger partial charge on any atom is 0.217 e. The first-order valence-corrected chi connectivity index (χ1v) is 9.85. The van der Waals surface area contributed by atoms with Gasteiger partial charge in [0, 0.05) is 24.9 Å². The molecule has 0 heterocycles. The van der Waals surface area contributed by atoms with Crippen molar-refractivity contribution in [1.29, 1.82) is 0 Å². The predicted molar refractivity (Wildman–Crippen MR) is 108 cm³/mol. The Labute approximate surface area is 162 Å². The second kappa shape index (κ2) is 9.71. The first kappa shape index (κ1) is 21.2. The van der Waals surface area contributed by atoms with Crippen molar-refractivity contribution in [1.82, 2.24) is 5.32 Å². The molecule has 4 heteroatoms. The van der Waals surface area contributed by atoms with Crippen LogP contribution in [0.5, 0.6) is 0 Å². The lowest BCUT2D eigenvalue weighted by atomic mass is 9.79. The highest BCUT2D eigenvalue weighted by atomic mass is 16.3. The van der Waals surface area contributed by atoms with Gasteiger partial charge in [-0.2, -0.15) is 0 Å². The molecule has 3 unspecified atom stereocenters. The largest absolute Gasteiger partial charge is 0.392 e. The Balaban J connectivity index is 2.27. The number of ketones is 1. The molecule has 1 aromatic carbocycles. The number of carbonyl (C=O) groups is 2. The van der Waals surface area contributed by atoms with Gasteiger partial charge in [-0.15, -0.1) is 5.92 Å². The zero-order valence-corrected chi connectivity index (χ0v) is 16.9. The van der Waals surface area contributed by atoms with Crippen LogP contribution in [0, 0.1) is 25.7 Å². The zero-order valence-electron chi connectivity index (χ0n) is 16.9. The minimum atomic E-state index is -0.700. The maximum atomic E-state index is 13.0. The molecule has 27 heavy (non-hydrogen) atoms. The van der Waals surface area contributed by atoms with Gasteiger partial charge in [-0.25, -0.2) is 0 Å². The van der Waals surface area contributed by atoms with E-state index in [0.717, 1.165) is 47.9 Å². The van der Waals surface area contributed by atoms with Gasteiger partial charge in [0.1, 0.15) is 5.78 Å². The fraction of sp³-hybridized carbons (Fsp3) is 0.565. The zero-order chi connectivity index (χ0) is 20.0. The van der Waals surface area contributed by atoms with E-state index in [0.29, 0.717) is 12.8 Å². The van der Waals surface area contributed by atoms with Crippen LogP contribution in [-0.2, 0) is 9.59 Å². The number of aryl methyl sites for hydroxylation is 2. The summed E-state index contributed by atoms with van der Waals surface area (Å²) in [5.41, 5.74) is 3.92. The van der Waals surface area contributed by atoms with E-state index in [2.05, 4.69) is 17.2 Å². The summed E-state index contributed by atoms with van der Waals surface area (Å²) in [6, 6.07) is 4.10. The van der Waals surface area contributed by atoms with E-state index < -0.39 is 12.0 Å². The summed E-state index contributed by atoms with van der Waals surface area (Å²) in [5, 5.41) is 13.8. The molecule has 4 nitrogen and oxygen atoms in total. The van der Waals surface area contributed by atoms with Crippen molar-refractivity contribution in [3.05, 3.63) is 34.4 Å². The lowest BCUT2D eigenvalue weighted by molar-refractivity contribution is -0.123. The minimum absolute atomic E-state index is 0.0386. The summed E-state index contributed by atoms with van der Waals surface area (Å²) in [6.45, 7) is 7.32. The van der Waals surface area contributed by atoms with Crippen LogP contribution in [0.2, 0.25) is 0 Å². The molecular formula is C23H31NO3. The van der Waals surface area contributed by atoms with Crippen LogP contribution < -0.4 is 5.32 Å². The Morgan fingerprint density at radius 2 is 1.78 bits per heavy atom. The Bertz CT molecular complexity index is 734. The van der Waals surface area contributed by atoms with Gasteiger partial charge in [0.25, 0.3) is 0 Å². The number of carbonyl (C=O) groups excluding carboxylic acids is 2. The number of hydrogen-bond donors (Lipinski definition) is 2. The first-order valence-electron chi connectivity index (χ1n) is 9.85. The summed E-state index contributed by atoms with van der Waals surface area (Å²) in [4.78, 5) is 24.4. The van der Waals surface area contributed by atoms with Crippen LogP contribution in [0.4, 0.5) is 0 Å². The molecule has 1 fully saturated rings. The maximum absolute atomic E-state index is 13.0. The van der Waals surface area contributed by atoms with Crippen LogP contribution >= 0.6 is 0 Å². The molecule has 0 bridgehead atoms. The Kier molecular flexibility index (Phi) is 7.62. The Morgan fingerprint density at radius 3 is 2.37 bits per heavy atom. The number of nitrogens with one attached hydrogen (secondary N) is 1. The fourth-order valence-electron chi connectivity index (χ4n) is 4.24. The number of hydrogen-bond acceptors (Lipinski definition) is 3. The number of benzene rings is 1. The smallest absolute Gasteiger partial charge is 0.217 e. The average molecular weight is 370 g/mol. The van der Waals surface area contributed by atoms with Gasteiger partial charge in [-0.3, -0.25) is 9.59 Å². The fourth-order valence-corrected chi connectivity index (χ4v) is 4.24. The molecule has 0 spiro atoms. The third-order valence-electron chi connectivity index (χ3n) is 5.34.